The van der Waals surface area contributed by atoms with Crippen LogP contribution in [0, 0.1) is 0 Å². The molecule has 0 radical (unpaired) electrons. The second-order valence-corrected chi connectivity index (χ2v) is 5.72. The number of piperidine rings is 1. The van der Waals surface area contributed by atoms with E-state index in [1.54, 1.807) is 18.2 Å². The van der Waals surface area contributed by atoms with E-state index in [9.17, 15) is 9.59 Å². The summed E-state index contributed by atoms with van der Waals surface area (Å²) in [5, 5.41) is 0. The highest BCUT2D eigenvalue weighted by Gasteiger charge is 2.19. The maximum Gasteiger partial charge on any atom is 0.223 e. The Morgan fingerprint density at radius 1 is 0.955 bits per heavy atom. The maximum atomic E-state index is 12.3. The summed E-state index contributed by atoms with van der Waals surface area (Å²) in [7, 11) is 0. The number of ketones is 1. The molecule has 0 aromatic heterocycles. The van der Waals surface area contributed by atoms with Crippen molar-refractivity contribution in [2.75, 3.05) is 26.3 Å². The predicted octanol–water partition coefficient (Wildman–Crippen LogP) is 2.43. The van der Waals surface area contributed by atoms with E-state index in [-0.39, 0.29) is 24.5 Å². The third-order valence-electron chi connectivity index (χ3n) is 4.14. The molecular weight excluding hydrogens is 282 g/mol. The summed E-state index contributed by atoms with van der Waals surface area (Å²) in [6.45, 7) is 2.69. The molecule has 0 N–H and O–H groups in total. The Hall–Kier alpha value is -2.04. The molecule has 0 aliphatic carbocycles. The molecule has 2 heterocycles. The number of Topliss-reactive ketones (excluding diaryl/α,β-unsaturated/α-hetero) is 1. The number of carbonyl (C=O) groups is 2. The van der Waals surface area contributed by atoms with Crippen LogP contribution >= 0.6 is 0 Å². The summed E-state index contributed by atoms with van der Waals surface area (Å²) in [5.74, 6) is 1.35. The van der Waals surface area contributed by atoms with Gasteiger partial charge in [-0.2, -0.15) is 0 Å². The summed E-state index contributed by atoms with van der Waals surface area (Å²) < 4.78 is 10.9. The van der Waals surface area contributed by atoms with Gasteiger partial charge >= 0.3 is 0 Å². The van der Waals surface area contributed by atoms with Crippen molar-refractivity contribution in [3.63, 3.8) is 0 Å². The smallest absolute Gasteiger partial charge is 0.223 e. The molecule has 3 rings (SSSR count). The van der Waals surface area contributed by atoms with Crippen molar-refractivity contribution in [3.8, 4) is 11.5 Å². The lowest BCUT2D eigenvalue weighted by molar-refractivity contribution is -0.132. The van der Waals surface area contributed by atoms with Crippen LogP contribution in [0.3, 0.4) is 0 Å². The van der Waals surface area contributed by atoms with Crippen LogP contribution in [0.25, 0.3) is 0 Å². The standard InChI is InChI=1S/C17H21NO4/c19-14(5-7-17(20)18-8-2-1-3-9-18)13-4-6-15-16(12-13)22-11-10-21-15/h4,6,12H,1-3,5,7-11H2. The lowest BCUT2D eigenvalue weighted by Crippen LogP contribution is -2.35. The zero-order valence-electron chi connectivity index (χ0n) is 12.7. The molecular formula is C17H21NO4. The minimum absolute atomic E-state index is 0.0256. The topological polar surface area (TPSA) is 55.8 Å². The number of hydrogen-bond acceptors (Lipinski definition) is 4. The first-order valence-corrected chi connectivity index (χ1v) is 7.95. The first-order valence-electron chi connectivity index (χ1n) is 7.95. The Balaban J connectivity index is 1.56. The average Bonchev–Trinajstić information content (AvgIpc) is 2.59. The highest BCUT2D eigenvalue weighted by molar-refractivity contribution is 5.98. The molecule has 5 nitrogen and oxygen atoms in total. The summed E-state index contributed by atoms with van der Waals surface area (Å²) in [5.41, 5.74) is 0.579. The first kappa shape index (κ1) is 14.9. The number of carbonyl (C=O) groups excluding carboxylic acids is 2. The summed E-state index contributed by atoms with van der Waals surface area (Å²) in [4.78, 5) is 26.2. The largest absolute Gasteiger partial charge is 0.486 e. The monoisotopic (exact) mass is 303 g/mol. The lowest BCUT2D eigenvalue weighted by atomic mass is 10.0. The molecule has 1 fully saturated rings. The number of ether oxygens (including phenoxy) is 2. The van der Waals surface area contributed by atoms with Gasteiger partial charge in [0.15, 0.2) is 17.3 Å². The third kappa shape index (κ3) is 3.40. The second-order valence-electron chi connectivity index (χ2n) is 5.72. The highest BCUT2D eigenvalue weighted by atomic mass is 16.6. The van der Waals surface area contributed by atoms with E-state index >= 15 is 0 Å². The quantitative estimate of drug-likeness (QED) is 0.802. The Bertz CT molecular complexity index is 564. The Kier molecular flexibility index (Phi) is 4.61. The Labute approximate surface area is 130 Å². The van der Waals surface area contributed by atoms with Gasteiger partial charge in [0.1, 0.15) is 13.2 Å². The third-order valence-corrected chi connectivity index (χ3v) is 4.14. The Morgan fingerprint density at radius 2 is 1.68 bits per heavy atom. The fraction of sp³-hybridized carbons (Fsp3) is 0.529. The number of fused-ring (bicyclic) bond motifs is 1. The van der Waals surface area contributed by atoms with Gasteiger partial charge in [0.25, 0.3) is 0 Å². The fourth-order valence-electron chi connectivity index (χ4n) is 2.88. The number of amides is 1. The maximum absolute atomic E-state index is 12.3. The highest BCUT2D eigenvalue weighted by Crippen LogP contribution is 2.31. The first-order chi connectivity index (χ1) is 10.7. The zero-order valence-corrected chi connectivity index (χ0v) is 12.7. The van der Waals surface area contributed by atoms with Gasteiger partial charge in [-0.25, -0.2) is 0 Å². The minimum Gasteiger partial charge on any atom is -0.486 e. The second kappa shape index (κ2) is 6.81. The molecule has 2 aliphatic heterocycles. The van der Waals surface area contributed by atoms with Crippen molar-refractivity contribution in [2.24, 2.45) is 0 Å². The van der Waals surface area contributed by atoms with Crippen molar-refractivity contribution in [1.82, 2.24) is 4.90 Å². The van der Waals surface area contributed by atoms with Gasteiger partial charge in [-0.15, -0.1) is 0 Å². The van der Waals surface area contributed by atoms with E-state index in [4.69, 9.17) is 9.47 Å². The SMILES string of the molecule is O=C(CCC(=O)N1CCCCC1)c1ccc2c(c1)OCCO2. The van der Waals surface area contributed by atoms with Crippen LogP contribution in [0.5, 0.6) is 11.5 Å². The molecule has 1 aromatic carbocycles. The van der Waals surface area contributed by atoms with Gasteiger partial charge in [-0.05, 0) is 37.5 Å². The van der Waals surface area contributed by atoms with E-state index < -0.39 is 0 Å². The summed E-state index contributed by atoms with van der Waals surface area (Å²) >= 11 is 0. The number of likely N-dealkylation sites (tertiary alicyclic amines) is 1. The number of nitrogens with zero attached hydrogens (tertiary/aromatic N) is 1. The summed E-state index contributed by atoms with van der Waals surface area (Å²) in [6.07, 6.45) is 3.87. The van der Waals surface area contributed by atoms with Crippen LogP contribution in [-0.2, 0) is 4.79 Å². The van der Waals surface area contributed by atoms with E-state index in [2.05, 4.69) is 0 Å². The molecule has 118 valence electrons. The predicted molar refractivity (Wildman–Crippen MR) is 81.4 cm³/mol. The Morgan fingerprint density at radius 3 is 2.45 bits per heavy atom. The zero-order chi connectivity index (χ0) is 15.4. The van der Waals surface area contributed by atoms with Gasteiger partial charge in [-0.3, -0.25) is 9.59 Å². The fourth-order valence-corrected chi connectivity index (χ4v) is 2.88. The molecule has 0 atom stereocenters. The molecule has 1 saturated heterocycles. The molecule has 0 unspecified atom stereocenters. The molecule has 5 heteroatoms. The van der Waals surface area contributed by atoms with Crippen molar-refractivity contribution >= 4 is 11.7 Å². The van der Waals surface area contributed by atoms with Crippen molar-refractivity contribution in [1.29, 1.82) is 0 Å². The van der Waals surface area contributed by atoms with Crippen LogP contribution in [0.4, 0.5) is 0 Å². The van der Waals surface area contributed by atoms with Crippen LogP contribution < -0.4 is 9.47 Å². The molecule has 0 saturated carbocycles. The van der Waals surface area contributed by atoms with Crippen LogP contribution in [0.2, 0.25) is 0 Å². The molecule has 22 heavy (non-hydrogen) atoms. The van der Waals surface area contributed by atoms with Gasteiger partial charge in [0, 0.05) is 31.5 Å². The number of benzene rings is 1. The van der Waals surface area contributed by atoms with Gasteiger partial charge < -0.3 is 14.4 Å². The normalized spacial score (nSPS) is 17.2. The van der Waals surface area contributed by atoms with Crippen molar-refractivity contribution < 1.29 is 19.1 Å². The number of rotatable bonds is 4. The van der Waals surface area contributed by atoms with E-state index in [1.807, 2.05) is 4.90 Å². The molecule has 0 bridgehead atoms. The van der Waals surface area contributed by atoms with Gasteiger partial charge in [-0.1, -0.05) is 0 Å². The lowest BCUT2D eigenvalue weighted by Gasteiger charge is -2.26. The van der Waals surface area contributed by atoms with Crippen LogP contribution in [-0.4, -0.2) is 42.9 Å². The molecule has 2 aliphatic rings. The van der Waals surface area contributed by atoms with Gasteiger partial charge in [0.2, 0.25) is 5.91 Å². The van der Waals surface area contributed by atoms with Crippen molar-refractivity contribution in [2.45, 2.75) is 32.1 Å². The molecule has 1 aromatic rings. The van der Waals surface area contributed by atoms with Gasteiger partial charge in [0.05, 0.1) is 0 Å². The average molecular weight is 303 g/mol. The van der Waals surface area contributed by atoms with Crippen LogP contribution in [0.1, 0.15) is 42.5 Å². The van der Waals surface area contributed by atoms with E-state index in [1.165, 1.54) is 6.42 Å². The van der Waals surface area contributed by atoms with E-state index in [0.29, 0.717) is 30.3 Å². The van der Waals surface area contributed by atoms with Crippen LogP contribution in [0.15, 0.2) is 18.2 Å². The number of hydrogen-bond donors (Lipinski definition) is 0. The van der Waals surface area contributed by atoms with E-state index in [0.717, 1.165) is 25.9 Å². The van der Waals surface area contributed by atoms with Crippen molar-refractivity contribution in [3.05, 3.63) is 23.8 Å². The summed E-state index contributed by atoms with van der Waals surface area (Å²) in [6, 6.07) is 5.21. The molecule has 1 amide bonds. The molecule has 0 spiro atoms. The minimum atomic E-state index is -0.0256.